The Kier molecular flexibility index (Phi) is 4.46. The molecule has 2 aliphatic rings. The number of carbonyl (C=O) groups is 2. The normalized spacial score (nSPS) is 20.9. The van der Waals surface area contributed by atoms with Crippen molar-refractivity contribution in [2.24, 2.45) is 0 Å². The van der Waals surface area contributed by atoms with E-state index in [4.69, 9.17) is 0 Å². The maximum atomic E-state index is 13.6. The number of aromatic amines is 1. The quantitative estimate of drug-likeness (QED) is 0.700. The highest BCUT2D eigenvalue weighted by Gasteiger charge is 2.45. The number of rotatable bonds is 3. The van der Waals surface area contributed by atoms with Crippen LogP contribution in [0.2, 0.25) is 0 Å². The number of hydrogen-bond acceptors (Lipinski definition) is 2. The van der Waals surface area contributed by atoms with Crippen molar-refractivity contribution in [3.8, 4) is 0 Å². The number of para-hydroxylation sites is 1. The van der Waals surface area contributed by atoms with Crippen molar-refractivity contribution in [2.75, 3.05) is 6.54 Å². The van der Waals surface area contributed by atoms with Gasteiger partial charge >= 0.3 is 0 Å². The van der Waals surface area contributed by atoms with Crippen molar-refractivity contribution >= 4 is 28.4 Å². The van der Waals surface area contributed by atoms with Crippen LogP contribution in [0.15, 0.2) is 60.2 Å². The molecule has 0 aliphatic carbocycles. The first-order valence-electron chi connectivity index (χ1n) is 10.6. The van der Waals surface area contributed by atoms with E-state index in [0.29, 0.717) is 6.54 Å². The van der Waals surface area contributed by atoms with Crippen molar-refractivity contribution in [3.63, 3.8) is 0 Å². The maximum absolute atomic E-state index is 13.6. The average molecular weight is 399 g/mol. The largest absolute Gasteiger partial charge is 0.353 e. The molecule has 0 saturated carbocycles. The Morgan fingerprint density at radius 2 is 1.87 bits per heavy atom. The Balaban J connectivity index is 1.77. The van der Waals surface area contributed by atoms with E-state index in [1.165, 1.54) is 23.4 Å². The van der Waals surface area contributed by atoms with Crippen molar-refractivity contribution in [3.05, 3.63) is 77.0 Å². The molecule has 3 heterocycles. The van der Waals surface area contributed by atoms with E-state index in [2.05, 4.69) is 35.4 Å². The van der Waals surface area contributed by atoms with Gasteiger partial charge in [-0.25, -0.2) is 0 Å². The molecule has 0 spiro atoms. The minimum atomic E-state index is -0.588. The van der Waals surface area contributed by atoms with Crippen molar-refractivity contribution in [1.82, 2.24) is 15.2 Å². The Labute approximate surface area is 175 Å². The molecule has 1 aromatic heterocycles. The average Bonchev–Trinajstić information content (AvgIpc) is 3.14. The minimum absolute atomic E-state index is 0.0319. The first kappa shape index (κ1) is 18.7. The van der Waals surface area contributed by atoms with Gasteiger partial charge in [0.05, 0.1) is 11.4 Å². The molecule has 2 N–H and O–H groups in total. The van der Waals surface area contributed by atoms with Gasteiger partial charge in [0.25, 0.3) is 5.91 Å². The lowest BCUT2D eigenvalue weighted by atomic mass is 9.77. The highest BCUT2D eigenvalue weighted by Crippen LogP contribution is 2.45. The Hall–Kier alpha value is -3.34. The molecule has 2 aromatic carbocycles. The number of fused-ring (bicyclic) bond motifs is 5. The molecule has 152 valence electrons. The highest BCUT2D eigenvalue weighted by molar-refractivity contribution is 6.01. The number of H-pyrrole nitrogens is 1. The van der Waals surface area contributed by atoms with Gasteiger partial charge in [-0.05, 0) is 35.6 Å². The van der Waals surface area contributed by atoms with E-state index < -0.39 is 6.04 Å². The fourth-order valence-corrected chi connectivity index (χ4v) is 5.15. The standard InChI is InChI=1S/C25H25N3O2/c1-3-17-21(16-9-5-4-6-10-16)23(26-15(2)29)25(30)28-14-13-19-18-11-7-8-12-20(18)27-22(19)24(17)28/h4-12,21,23,27H,3,13-14H2,1-2H3,(H,26,29)/t21-,23-/m0/s1. The molecule has 0 bridgehead atoms. The number of carbonyl (C=O) groups excluding carboxylic acids is 2. The number of nitrogens with one attached hydrogen (secondary N) is 2. The fourth-order valence-electron chi connectivity index (χ4n) is 5.15. The van der Waals surface area contributed by atoms with Crippen LogP contribution in [-0.4, -0.2) is 34.3 Å². The molecule has 3 aromatic rings. The number of nitrogens with zero attached hydrogens (tertiary/aromatic N) is 1. The highest BCUT2D eigenvalue weighted by atomic mass is 16.2. The van der Waals surface area contributed by atoms with Crippen LogP contribution in [0, 0.1) is 0 Å². The van der Waals surface area contributed by atoms with Crippen LogP contribution < -0.4 is 5.32 Å². The molecule has 0 fully saturated rings. The third kappa shape index (κ3) is 2.76. The SMILES string of the molecule is CCC1=C2c3[nH]c4ccccc4c3CCN2C(=O)[C@@H](NC(C)=O)[C@H]1c1ccccc1. The molecule has 2 amide bonds. The van der Waals surface area contributed by atoms with Gasteiger partial charge in [0.2, 0.25) is 5.91 Å². The lowest BCUT2D eigenvalue weighted by molar-refractivity contribution is -0.134. The molecule has 5 nitrogen and oxygen atoms in total. The van der Waals surface area contributed by atoms with Gasteiger partial charge in [0.15, 0.2) is 0 Å². The summed E-state index contributed by atoms with van der Waals surface area (Å²) in [6, 6.07) is 17.8. The summed E-state index contributed by atoms with van der Waals surface area (Å²) in [6.45, 7) is 4.24. The molecule has 5 heteroatoms. The van der Waals surface area contributed by atoms with Crippen LogP contribution in [0.1, 0.15) is 43.0 Å². The summed E-state index contributed by atoms with van der Waals surface area (Å²) >= 11 is 0. The summed E-state index contributed by atoms with van der Waals surface area (Å²) < 4.78 is 0. The second-order valence-corrected chi connectivity index (χ2v) is 8.06. The second-order valence-electron chi connectivity index (χ2n) is 8.06. The van der Waals surface area contributed by atoms with Crippen LogP contribution in [-0.2, 0) is 16.0 Å². The third-order valence-corrected chi connectivity index (χ3v) is 6.35. The van der Waals surface area contributed by atoms with Crippen LogP contribution >= 0.6 is 0 Å². The molecule has 0 saturated heterocycles. The van der Waals surface area contributed by atoms with Crippen LogP contribution in [0.25, 0.3) is 16.6 Å². The summed E-state index contributed by atoms with van der Waals surface area (Å²) in [4.78, 5) is 31.1. The van der Waals surface area contributed by atoms with Gasteiger partial charge in [-0.1, -0.05) is 55.5 Å². The minimum Gasteiger partial charge on any atom is -0.353 e. The summed E-state index contributed by atoms with van der Waals surface area (Å²) in [5.41, 5.74) is 6.66. The van der Waals surface area contributed by atoms with Gasteiger partial charge in [0, 0.05) is 30.3 Å². The molecular formula is C25H25N3O2. The lowest BCUT2D eigenvalue weighted by Gasteiger charge is -2.43. The smallest absolute Gasteiger partial charge is 0.250 e. The monoisotopic (exact) mass is 399 g/mol. The zero-order valence-electron chi connectivity index (χ0n) is 17.2. The molecule has 30 heavy (non-hydrogen) atoms. The van der Waals surface area contributed by atoms with E-state index in [0.717, 1.165) is 35.3 Å². The number of hydrogen-bond donors (Lipinski definition) is 2. The van der Waals surface area contributed by atoms with E-state index in [9.17, 15) is 9.59 Å². The predicted molar refractivity (Wildman–Crippen MR) is 118 cm³/mol. The molecule has 0 unspecified atom stereocenters. The molecule has 2 aliphatic heterocycles. The molecule has 5 rings (SSSR count). The summed E-state index contributed by atoms with van der Waals surface area (Å²) in [5.74, 6) is -0.400. The maximum Gasteiger partial charge on any atom is 0.250 e. The summed E-state index contributed by atoms with van der Waals surface area (Å²) in [7, 11) is 0. The van der Waals surface area contributed by atoms with E-state index in [-0.39, 0.29) is 17.7 Å². The van der Waals surface area contributed by atoms with Crippen molar-refractivity contribution < 1.29 is 9.59 Å². The zero-order valence-corrected chi connectivity index (χ0v) is 17.2. The van der Waals surface area contributed by atoms with Crippen molar-refractivity contribution in [2.45, 2.75) is 38.6 Å². The van der Waals surface area contributed by atoms with Crippen LogP contribution in [0.5, 0.6) is 0 Å². The zero-order chi connectivity index (χ0) is 20.8. The second kappa shape index (κ2) is 7.17. The van der Waals surface area contributed by atoms with Gasteiger partial charge in [-0.15, -0.1) is 0 Å². The number of aromatic nitrogens is 1. The van der Waals surface area contributed by atoms with Crippen LogP contribution in [0.4, 0.5) is 0 Å². The first-order chi connectivity index (χ1) is 14.6. The van der Waals surface area contributed by atoms with E-state index in [1.807, 2.05) is 41.3 Å². The topological polar surface area (TPSA) is 65.2 Å². The molecule has 2 atom stereocenters. The van der Waals surface area contributed by atoms with E-state index in [1.54, 1.807) is 0 Å². The van der Waals surface area contributed by atoms with Crippen LogP contribution in [0.3, 0.4) is 0 Å². The fraction of sp³-hybridized carbons (Fsp3) is 0.280. The van der Waals surface area contributed by atoms with E-state index >= 15 is 0 Å². The third-order valence-electron chi connectivity index (χ3n) is 6.35. The van der Waals surface area contributed by atoms with Crippen molar-refractivity contribution in [1.29, 1.82) is 0 Å². The lowest BCUT2D eigenvalue weighted by Crippen LogP contribution is -2.55. The first-order valence-corrected chi connectivity index (χ1v) is 10.6. The Bertz CT molecular complexity index is 1180. The summed E-state index contributed by atoms with van der Waals surface area (Å²) in [6.07, 6.45) is 1.60. The van der Waals surface area contributed by atoms with Gasteiger partial charge < -0.3 is 15.2 Å². The Morgan fingerprint density at radius 1 is 1.13 bits per heavy atom. The molecule has 0 radical (unpaired) electrons. The number of amides is 2. The van der Waals surface area contributed by atoms with Gasteiger partial charge in [0.1, 0.15) is 6.04 Å². The Morgan fingerprint density at radius 3 is 2.60 bits per heavy atom. The molecular weight excluding hydrogens is 374 g/mol. The van der Waals surface area contributed by atoms with Gasteiger partial charge in [-0.3, -0.25) is 9.59 Å². The van der Waals surface area contributed by atoms with Gasteiger partial charge in [-0.2, -0.15) is 0 Å². The number of benzene rings is 2. The predicted octanol–water partition coefficient (Wildman–Crippen LogP) is 3.98. The summed E-state index contributed by atoms with van der Waals surface area (Å²) in [5, 5.41) is 4.18.